The average Bonchev–Trinajstić information content (AvgIpc) is 2.39. The number of carbonyl (C=O) groups excluding carboxylic acids is 7. The second-order valence-electron chi connectivity index (χ2n) is 21.5. The van der Waals surface area contributed by atoms with E-state index in [0.29, 0.717) is 144 Å². The lowest BCUT2D eigenvalue weighted by Crippen LogP contribution is -2.50. The third-order valence-electron chi connectivity index (χ3n) is 15.4. The highest BCUT2D eigenvalue weighted by molar-refractivity contribution is 6.14. The van der Waals surface area contributed by atoms with Crippen molar-refractivity contribution in [3.63, 3.8) is 0 Å². The lowest BCUT2D eigenvalue weighted by molar-refractivity contribution is -0.144. The summed E-state index contributed by atoms with van der Waals surface area (Å²) in [5, 5.41) is 8.69. The molecule has 2 saturated heterocycles. The molecule has 0 unspecified atom stereocenters. The Kier molecular flexibility index (Phi) is 21.2. The van der Waals surface area contributed by atoms with Crippen LogP contribution in [0.5, 0.6) is 0 Å². The Balaban J connectivity index is 0.000000249. The number of ketones is 3. The zero-order valence-electron chi connectivity index (χ0n) is 47.0. The minimum absolute atomic E-state index is 0.00182. The summed E-state index contributed by atoms with van der Waals surface area (Å²) in [5.74, 6) is -2.49. The molecule has 87 heavy (non-hydrogen) atoms. The van der Waals surface area contributed by atoms with Crippen LogP contribution in [0.1, 0.15) is 163 Å². The van der Waals surface area contributed by atoms with Gasteiger partial charge in [-0.25, -0.2) is 0 Å². The smallest absolute Gasteiger partial charge is 0.416 e. The lowest BCUT2D eigenvalue weighted by Gasteiger charge is -2.35. The molecule has 2 aliphatic heterocycles. The number of halogens is 12. The van der Waals surface area contributed by atoms with Crippen molar-refractivity contribution in [1.29, 1.82) is 0 Å². The Morgan fingerprint density at radius 2 is 0.759 bits per heavy atom. The number of rotatable bonds is 15. The van der Waals surface area contributed by atoms with Crippen LogP contribution in [0.4, 0.5) is 52.7 Å². The Morgan fingerprint density at radius 3 is 1.08 bits per heavy atom. The van der Waals surface area contributed by atoms with E-state index in [2.05, 4.69) is 0 Å². The summed E-state index contributed by atoms with van der Waals surface area (Å²) in [6.45, 7) is 4.46. The number of alkyl halides is 12. The number of allylic oxidation sites excluding steroid dienone is 2. The molecule has 0 aromatic heterocycles. The van der Waals surface area contributed by atoms with E-state index < -0.39 is 70.1 Å². The number of Topliss-reactive ketones (excluding diaryl/α,β-unsaturated/α-hetero) is 3. The van der Waals surface area contributed by atoms with Crippen molar-refractivity contribution in [2.24, 2.45) is 0 Å². The van der Waals surface area contributed by atoms with Gasteiger partial charge in [-0.2, -0.15) is 52.7 Å². The average molecular weight is 1230 g/mol. The summed E-state index contributed by atoms with van der Waals surface area (Å²) in [6.07, 6.45) is -13.6. The normalized spacial score (nSPS) is 16.7. The van der Waals surface area contributed by atoms with Crippen LogP contribution < -0.4 is 0 Å². The fraction of sp³-hybridized carbons (Fsp3) is 0.419. The molecule has 0 bridgehead atoms. The first-order valence-electron chi connectivity index (χ1n) is 28.0. The Labute approximate surface area is 491 Å². The molecule has 0 radical (unpaired) electrons. The van der Waals surface area contributed by atoms with Gasteiger partial charge in [-0.3, -0.25) is 38.4 Å². The van der Waals surface area contributed by atoms with E-state index in [0.717, 1.165) is 12.2 Å². The van der Waals surface area contributed by atoms with Crippen molar-refractivity contribution >= 4 is 59.1 Å². The van der Waals surface area contributed by atoms with Gasteiger partial charge in [0.05, 0.1) is 22.3 Å². The van der Waals surface area contributed by atoms with Crippen molar-refractivity contribution in [1.82, 2.24) is 19.6 Å². The van der Waals surface area contributed by atoms with Crippen LogP contribution in [0.3, 0.4) is 0 Å². The summed E-state index contributed by atoms with van der Waals surface area (Å²) in [5.41, 5.74) is -4.28. The van der Waals surface area contributed by atoms with Crippen LogP contribution in [-0.2, 0) is 56.7 Å². The number of hydrogen-bond donors (Lipinski definition) is 1. The van der Waals surface area contributed by atoms with E-state index >= 15 is 0 Å². The number of aryl methyl sites for hydroxylation is 2. The number of aliphatic carboxylic acids is 1. The largest absolute Gasteiger partial charge is 0.481 e. The predicted octanol–water partition coefficient (Wildman–Crippen LogP) is 12.6. The van der Waals surface area contributed by atoms with Crippen molar-refractivity contribution in [3.05, 3.63) is 151 Å². The quantitative estimate of drug-likeness (QED) is 0.0691. The van der Waals surface area contributed by atoms with Crippen molar-refractivity contribution in [2.75, 3.05) is 52.4 Å². The van der Waals surface area contributed by atoms with Crippen molar-refractivity contribution in [2.45, 2.75) is 115 Å². The monoisotopic (exact) mass is 1230 g/mol. The first-order chi connectivity index (χ1) is 40.8. The number of hydrogen-bond acceptors (Lipinski definition) is 8. The van der Waals surface area contributed by atoms with Crippen LogP contribution in [0, 0.1) is 0 Å². The van der Waals surface area contributed by atoms with E-state index in [1.807, 2.05) is 0 Å². The molecule has 2 fully saturated rings. The highest BCUT2D eigenvalue weighted by Crippen LogP contribution is 2.40. The number of carbonyl (C=O) groups is 8. The number of nitrogens with zero attached hydrogens (tertiary/aromatic N) is 4. The summed E-state index contributed by atoms with van der Waals surface area (Å²) >= 11 is 0. The zero-order valence-corrected chi connectivity index (χ0v) is 47.0. The standard InChI is InChI=1S/C32H32F6N2O4.C30H28F6N2O5/c1-2-26(41)5-3-4-6-28(42)39-11-13-40(14-12-39)30(44)23-9-10-27-21(18-23)7-8-22(29(27)43)15-20-16-24(31(33,34)35)19-25(17-20)32(36,37)38;31-29(32,33)22-14-18(15-23(17-22)30(34,35)36)13-20-6-5-19-16-21(7-8-24(19)27(20)42)28(43)38-11-9-37(10-12-38)25(39)3-1-2-4-26(40)41/h9-10,15-19H,2-8,11-14H2,1H3;7-8,13-17H,1-6,9-12H2,(H,40,41)/b22-15+;20-13+. The van der Waals surface area contributed by atoms with Gasteiger partial charge in [-0.05, 0) is 159 Å². The molecular formula is C62H60F12N4O9. The van der Waals surface area contributed by atoms with E-state index in [-0.39, 0.29) is 108 Å². The second kappa shape index (κ2) is 27.7. The number of unbranched alkanes of at least 4 members (excludes halogenated alkanes) is 2. The van der Waals surface area contributed by atoms with Crippen LogP contribution in [0.25, 0.3) is 12.2 Å². The predicted molar refractivity (Wildman–Crippen MR) is 292 cm³/mol. The molecule has 4 aromatic rings. The van der Waals surface area contributed by atoms with Gasteiger partial charge in [0.1, 0.15) is 5.78 Å². The number of carboxylic acid groups (broad SMARTS) is 1. The maximum absolute atomic E-state index is 13.3. The molecule has 8 rings (SSSR count). The third-order valence-corrected chi connectivity index (χ3v) is 15.4. The van der Waals surface area contributed by atoms with Crippen LogP contribution in [0.2, 0.25) is 0 Å². The first-order valence-corrected chi connectivity index (χ1v) is 28.0. The van der Waals surface area contributed by atoms with Gasteiger partial charge in [0.15, 0.2) is 11.6 Å². The highest BCUT2D eigenvalue weighted by atomic mass is 19.4. The highest BCUT2D eigenvalue weighted by Gasteiger charge is 2.39. The molecule has 0 saturated carbocycles. The van der Waals surface area contributed by atoms with Crippen LogP contribution in [0.15, 0.2) is 83.9 Å². The van der Waals surface area contributed by atoms with Crippen molar-refractivity contribution < 1.29 is 96.1 Å². The summed E-state index contributed by atoms with van der Waals surface area (Å²) in [6, 6.07) is 11.3. The van der Waals surface area contributed by atoms with Gasteiger partial charge >= 0.3 is 30.7 Å². The maximum Gasteiger partial charge on any atom is 0.416 e. The molecule has 466 valence electrons. The molecule has 4 amide bonds. The Morgan fingerprint density at radius 1 is 0.437 bits per heavy atom. The van der Waals surface area contributed by atoms with Gasteiger partial charge < -0.3 is 24.7 Å². The Bertz CT molecular complexity index is 3300. The molecule has 25 heteroatoms. The number of carboxylic acids is 1. The fourth-order valence-electron chi connectivity index (χ4n) is 10.6. The Hall–Kier alpha value is -8.12. The minimum Gasteiger partial charge on any atom is -0.481 e. The molecule has 13 nitrogen and oxygen atoms in total. The number of amides is 4. The van der Waals surface area contributed by atoms with Gasteiger partial charge in [0.2, 0.25) is 11.8 Å². The van der Waals surface area contributed by atoms with E-state index in [1.54, 1.807) is 38.7 Å². The molecular weight excluding hydrogens is 1170 g/mol. The van der Waals surface area contributed by atoms with Crippen LogP contribution in [-0.4, -0.2) is 124 Å². The summed E-state index contributed by atoms with van der Waals surface area (Å²) in [4.78, 5) is 106. The van der Waals surface area contributed by atoms with E-state index in [1.165, 1.54) is 24.3 Å². The van der Waals surface area contributed by atoms with Gasteiger partial charge in [0, 0.05) is 118 Å². The van der Waals surface area contributed by atoms with Gasteiger partial charge in [-0.15, -0.1) is 0 Å². The van der Waals surface area contributed by atoms with Crippen LogP contribution >= 0.6 is 0 Å². The topological polar surface area (TPSA) is 170 Å². The first kappa shape index (κ1) is 66.4. The summed E-state index contributed by atoms with van der Waals surface area (Å²) in [7, 11) is 0. The van der Waals surface area contributed by atoms with Gasteiger partial charge in [0.25, 0.3) is 11.8 Å². The molecule has 0 atom stereocenters. The minimum atomic E-state index is -5.01. The SMILES string of the molecule is CCC(=O)CCCCC(=O)N1CCN(C(=O)c2ccc3c(c2)CC/C(=C\c2cc(C(F)(F)F)cc(C(F)(F)F)c2)C3=O)CC1.O=C(O)CCCCC(=O)N1CCN(C(=O)c2ccc3c(c2)CC/C(=C\c2cc(C(F)(F)F)cc(C(F)(F)F)c2)C3=O)CC1. The molecule has 4 aliphatic rings. The molecule has 4 aromatic carbocycles. The molecule has 2 aliphatic carbocycles. The summed E-state index contributed by atoms with van der Waals surface area (Å²) < 4.78 is 159. The fourth-order valence-corrected chi connectivity index (χ4v) is 10.6. The molecule has 0 spiro atoms. The van der Waals surface area contributed by atoms with Crippen molar-refractivity contribution in [3.8, 4) is 0 Å². The zero-order chi connectivity index (χ0) is 63.8. The molecule has 2 heterocycles. The second-order valence-corrected chi connectivity index (χ2v) is 21.5. The van der Waals surface area contributed by atoms with E-state index in [9.17, 15) is 91.0 Å². The molecule has 1 N–H and O–H groups in total. The maximum atomic E-state index is 13.3. The lowest BCUT2D eigenvalue weighted by atomic mass is 9.84. The number of benzene rings is 4. The van der Waals surface area contributed by atoms with E-state index in [4.69, 9.17) is 5.11 Å². The third kappa shape index (κ3) is 17.5. The number of fused-ring (bicyclic) bond motifs is 2. The van der Waals surface area contributed by atoms with Gasteiger partial charge in [-0.1, -0.05) is 6.92 Å². The number of piperazine rings is 2.